The molecule has 3 heteroatoms. The Labute approximate surface area is 469 Å². The molecule has 0 amide bonds. The Hall–Kier alpha value is -10.5. The molecule has 0 saturated heterocycles. The van der Waals surface area contributed by atoms with Crippen LogP contribution in [-0.2, 0) is 10.8 Å². The number of fused-ring (bicyclic) bond motifs is 20. The van der Waals surface area contributed by atoms with Crippen molar-refractivity contribution in [2.45, 2.75) is 10.8 Å². The van der Waals surface area contributed by atoms with Gasteiger partial charge in [-0.2, -0.15) is 0 Å². The maximum atomic E-state index is 2.61. The molecule has 15 aromatic rings. The molecule has 0 saturated carbocycles. The molecule has 13 aromatic carbocycles. The number of benzene rings is 13. The monoisotopic (exact) mass is 1030 g/mol. The molecule has 81 heavy (non-hydrogen) atoms. The smallest absolute Gasteiger partial charge is 0.0755 e. The summed E-state index contributed by atoms with van der Waals surface area (Å²) >= 11 is 0. The largest absolute Gasteiger partial charge is 0.309 e. The van der Waals surface area contributed by atoms with Crippen LogP contribution >= 0.6 is 0 Å². The highest BCUT2D eigenvalue weighted by molar-refractivity contribution is 6.15. The lowest BCUT2D eigenvalue weighted by Crippen LogP contribution is -2.33. The van der Waals surface area contributed by atoms with Crippen LogP contribution in [0.4, 0.5) is 17.1 Å². The van der Waals surface area contributed by atoms with E-state index in [1.165, 1.54) is 127 Å². The van der Waals surface area contributed by atoms with Crippen LogP contribution in [0, 0.1) is 0 Å². The molecule has 0 radical (unpaired) electrons. The Balaban J connectivity index is 0.968. The van der Waals surface area contributed by atoms with Gasteiger partial charge in [-0.05, 0) is 127 Å². The highest BCUT2D eigenvalue weighted by Gasteiger charge is 2.52. The zero-order chi connectivity index (χ0) is 53.0. The zero-order valence-electron chi connectivity index (χ0n) is 44.1. The lowest BCUT2D eigenvalue weighted by molar-refractivity contribution is 0.748. The fourth-order valence-electron chi connectivity index (χ4n) is 15.6. The zero-order valence-corrected chi connectivity index (χ0v) is 44.1. The summed E-state index contributed by atoms with van der Waals surface area (Å²) in [5.74, 6) is 0. The first kappa shape index (κ1) is 44.5. The summed E-state index contributed by atoms with van der Waals surface area (Å²) in [6.45, 7) is 0. The van der Waals surface area contributed by atoms with Crippen molar-refractivity contribution < 1.29 is 0 Å². The minimum absolute atomic E-state index is 0.627. The summed E-state index contributed by atoms with van der Waals surface area (Å²) in [6.07, 6.45) is 0. The molecular formula is C78H49N3. The number of para-hydroxylation sites is 5. The van der Waals surface area contributed by atoms with Crippen LogP contribution in [0.1, 0.15) is 44.5 Å². The Morgan fingerprint density at radius 2 is 0.741 bits per heavy atom. The summed E-state index contributed by atoms with van der Waals surface area (Å²) in [5.41, 5.74) is 24.5. The van der Waals surface area contributed by atoms with E-state index in [-0.39, 0.29) is 0 Å². The summed E-state index contributed by atoms with van der Waals surface area (Å²) < 4.78 is 4.96. The van der Waals surface area contributed by atoms with Crippen molar-refractivity contribution in [3.63, 3.8) is 0 Å². The Morgan fingerprint density at radius 1 is 0.272 bits per heavy atom. The van der Waals surface area contributed by atoms with Crippen LogP contribution < -0.4 is 4.90 Å². The lowest BCUT2D eigenvalue weighted by Gasteiger charge is -2.40. The van der Waals surface area contributed by atoms with Gasteiger partial charge in [0.25, 0.3) is 0 Å². The molecule has 0 N–H and O–H groups in total. The molecule has 1 spiro atoms. The van der Waals surface area contributed by atoms with Crippen molar-refractivity contribution in [1.29, 1.82) is 0 Å². The molecule has 0 fully saturated rings. The van der Waals surface area contributed by atoms with E-state index < -0.39 is 10.8 Å². The van der Waals surface area contributed by atoms with Crippen molar-refractivity contribution in [1.82, 2.24) is 9.13 Å². The molecule has 18 rings (SSSR count). The predicted molar refractivity (Wildman–Crippen MR) is 335 cm³/mol. The van der Waals surface area contributed by atoms with E-state index >= 15 is 0 Å². The SMILES string of the molecule is c1ccc(C2(c3ccccc3)c3ccccc3-c3c2cc(N(c2ccc(-n4c5ccccc5c5ccccc54)cc2)c2cccc4c2-c2ccccc2C42c4ccccc4-n4c5ccccc5c5cccc2c54)c2ccccc32)cc1. The van der Waals surface area contributed by atoms with Gasteiger partial charge in [0.15, 0.2) is 0 Å². The lowest BCUT2D eigenvalue weighted by atomic mass is 9.65. The first-order valence-electron chi connectivity index (χ1n) is 28.3. The number of hydrogen-bond acceptors (Lipinski definition) is 1. The van der Waals surface area contributed by atoms with Gasteiger partial charge in [-0.1, -0.05) is 237 Å². The van der Waals surface area contributed by atoms with E-state index in [2.05, 4.69) is 311 Å². The number of anilines is 3. The van der Waals surface area contributed by atoms with Crippen LogP contribution in [0.5, 0.6) is 0 Å². The molecule has 0 bridgehead atoms. The Kier molecular flexibility index (Phi) is 9.08. The average molecular weight is 1030 g/mol. The van der Waals surface area contributed by atoms with Crippen LogP contribution in [-0.4, -0.2) is 9.13 Å². The van der Waals surface area contributed by atoms with Crippen LogP contribution in [0.25, 0.3) is 88.0 Å². The minimum atomic E-state index is -0.633. The highest BCUT2D eigenvalue weighted by atomic mass is 15.2. The molecule has 2 aliphatic carbocycles. The van der Waals surface area contributed by atoms with E-state index in [0.29, 0.717) is 0 Å². The molecule has 1 unspecified atom stereocenters. The van der Waals surface area contributed by atoms with Crippen molar-refractivity contribution in [2.75, 3.05) is 4.90 Å². The van der Waals surface area contributed by atoms with Gasteiger partial charge < -0.3 is 14.0 Å². The van der Waals surface area contributed by atoms with Gasteiger partial charge in [0.2, 0.25) is 0 Å². The minimum Gasteiger partial charge on any atom is -0.309 e. The molecule has 376 valence electrons. The van der Waals surface area contributed by atoms with E-state index in [0.717, 1.165) is 22.7 Å². The molecule has 1 atom stereocenters. The summed E-state index contributed by atoms with van der Waals surface area (Å²) in [7, 11) is 0. The van der Waals surface area contributed by atoms with E-state index in [9.17, 15) is 0 Å². The standard InChI is InChI=1S/C78H49N3/c1-3-23-50(24-4-1)77(51-25-5-2-6-26-51)62-35-14-9-32-60(62)74-58-31-8-7-29-56(58)73(49-67(74)77)80(53-47-45-52(46-48-53)79-68-40-17-11-27-54(68)55-28-12-18-41-69(55)79)72-44-22-38-65-75(72)61-33-10-15-36-63(61)78(65)64-37-16-20-43-71(64)81-70-42-19-13-30-57(70)59-34-21-39-66(78)76(59)81/h1-49H. The number of aromatic nitrogens is 2. The summed E-state index contributed by atoms with van der Waals surface area (Å²) in [4.78, 5) is 2.61. The van der Waals surface area contributed by atoms with Crippen LogP contribution in [0.15, 0.2) is 297 Å². The number of nitrogens with zero attached hydrogens (tertiary/aromatic N) is 3. The van der Waals surface area contributed by atoms with Gasteiger partial charge in [0.05, 0.1) is 50.0 Å². The van der Waals surface area contributed by atoms with Gasteiger partial charge in [-0.3, -0.25) is 0 Å². The fourth-order valence-corrected chi connectivity index (χ4v) is 15.6. The van der Waals surface area contributed by atoms with E-state index in [1.54, 1.807) is 0 Å². The number of rotatable bonds is 6. The van der Waals surface area contributed by atoms with Crippen LogP contribution in [0.3, 0.4) is 0 Å². The second-order valence-corrected chi connectivity index (χ2v) is 22.2. The molecule has 3 heterocycles. The van der Waals surface area contributed by atoms with Gasteiger partial charge in [0.1, 0.15) is 0 Å². The topological polar surface area (TPSA) is 13.1 Å². The third-order valence-electron chi connectivity index (χ3n) is 18.6. The second-order valence-electron chi connectivity index (χ2n) is 22.2. The molecular weight excluding hydrogens is 979 g/mol. The Bertz CT molecular complexity index is 5030. The number of hydrogen-bond donors (Lipinski definition) is 0. The third-order valence-corrected chi connectivity index (χ3v) is 18.6. The molecule has 2 aromatic heterocycles. The normalized spacial score (nSPS) is 15.1. The van der Waals surface area contributed by atoms with Gasteiger partial charge in [0, 0.05) is 43.9 Å². The van der Waals surface area contributed by atoms with E-state index in [4.69, 9.17) is 0 Å². The first-order valence-corrected chi connectivity index (χ1v) is 28.3. The highest BCUT2D eigenvalue weighted by Crippen LogP contribution is 2.65. The van der Waals surface area contributed by atoms with Crippen molar-refractivity contribution in [3.05, 3.63) is 342 Å². The van der Waals surface area contributed by atoms with Gasteiger partial charge in [-0.25, -0.2) is 0 Å². The third kappa shape index (κ3) is 5.67. The predicted octanol–water partition coefficient (Wildman–Crippen LogP) is 19.5. The van der Waals surface area contributed by atoms with Gasteiger partial charge in [-0.15, -0.1) is 0 Å². The van der Waals surface area contributed by atoms with Crippen LogP contribution in [0.2, 0.25) is 0 Å². The van der Waals surface area contributed by atoms with Crippen molar-refractivity contribution >= 4 is 71.4 Å². The summed E-state index contributed by atoms with van der Waals surface area (Å²) in [6, 6.07) is 112. The maximum Gasteiger partial charge on any atom is 0.0755 e. The van der Waals surface area contributed by atoms with Crippen molar-refractivity contribution in [3.8, 4) is 33.6 Å². The van der Waals surface area contributed by atoms with E-state index in [1.807, 2.05) is 0 Å². The van der Waals surface area contributed by atoms with Crippen molar-refractivity contribution in [2.24, 2.45) is 0 Å². The average Bonchev–Trinajstić information content (AvgIpc) is 3.27. The fraction of sp³-hybridized carbons (Fsp3) is 0.0256. The molecule has 3 nitrogen and oxygen atoms in total. The quantitative estimate of drug-likeness (QED) is 0.162. The molecule has 1 aliphatic heterocycles. The second kappa shape index (κ2) is 16.5. The molecule has 3 aliphatic rings. The first-order chi connectivity index (χ1) is 40.2. The maximum absolute atomic E-state index is 2.61. The Morgan fingerprint density at radius 3 is 1.41 bits per heavy atom. The summed E-state index contributed by atoms with van der Waals surface area (Å²) in [5, 5.41) is 7.45. The van der Waals surface area contributed by atoms with Gasteiger partial charge >= 0.3 is 0 Å².